The molecule has 2 unspecified atom stereocenters. The minimum absolute atomic E-state index is 0.0101. The lowest BCUT2D eigenvalue weighted by Gasteiger charge is -2.51. The Labute approximate surface area is 176 Å². The molecule has 14 heteroatoms. The molecule has 5 rings (SSSR count). The number of likely N-dealkylation sites (tertiary alicyclic amines) is 1. The molecule has 1 aromatic rings. The molecule has 4 aliphatic rings. The van der Waals surface area contributed by atoms with Crippen molar-refractivity contribution in [3.05, 3.63) is 18.5 Å². The summed E-state index contributed by atoms with van der Waals surface area (Å²) in [5.41, 5.74) is -1.70. The highest BCUT2D eigenvalue weighted by atomic mass is 16.5. The van der Waals surface area contributed by atoms with Gasteiger partial charge in [0.25, 0.3) is 0 Å². The number of nitrogens with zero attached hydrogens (tertiary/aromatic N) is 4. The second kappa shape index (κ2) is 6.49. The number of aliphatic hydroxyl groups is 2. The van der Waals surface area contributed by atoms with Crippen LogP contribution in [0.2, 0.25) is 0 Å². The first-order chi connectivity index (χ1) is 14.7. The topological polar surface area (TPSA) is 203 Å². The van der Waals surface area contributed by atoms with Gasteiger partial charge >= 0.3 is 0 Å². The predicted octanol–water partition coefficient (Wildman–Crippen LogP) is -3.50. The number of amides is 2. The fourth-order valence-corrected chi connectivity index (χ4v) is 4.88. The smallest absolute Gasteiger partial charge is 0.231 e. The van der Waals surface area contributed by atoms with Crippen LogP contribution in [0.1, 0.15) is 12.8 Å². The third-order valence-electron chi connectivity index (χ3n) is 6.30. The van der Waals surface area contributed by atoms with E-state index in [2.05, 4.69) is 31.2 Å². The highest BCUT2D eigenvalue weighted by molar-refractivity contribution is 6.02. The quantitative estimate of drug-likeness (QED) is 0.174. The molecule has 164 valence electrons. The molecule has 0 saturated carbocycles. The van der Waals surface area contributed by atoms with Crippen molar-refractivity contribution in [1.29, 1.82) is 10.8 Å². The van der Waals surface area contributed by atoms with Crippen molar-refractivity contribution in [2.45, 2.75) is 42.4 Å². The van der Waals surface area contributed by atoms with E-state index in [-0.39, 0.29) is 55.6 Å². The molecule has 0 bridgehead atoms. The predicted molar refractivity (Wildman–Crippen MR) is 104 cm³/mol. The summed E-state index contributed by atoms with van der Waals surface area (Å²) in [5, 5.41) is 50.7. The molecule has 4 fully saturated rings. The molecule has 5 heterocycles. The second-order valence-corrected chi connectivity index (χ2v) is 7.99. The summed E-state index contributed by atoms with van der Waals surface area (Å²) in [6.07, 6.45) is 3.26. The average molecular weight is 430 g/mol. The molecule has 1 aromatic heterocycles. The van der Waals surface area contributed by atoms with Gasteiger partial charge in [0.2, 0.25) is 23.5 Å². The molecule has 2 amide bonds. The number of hydrogen-bond donors (Lipinski definition) is 8. The number of aromatic nitrogens is 2. The van der Waals surface area contributed by atoms with E-state index < -0.39 is 29.6 Å². The molecule has 8 N–H and O–H groups in total. The second-order valence-electron chi connectivity index (χ2n) is 7.99. The van der Waals surface area contributed by atoms with Crippen LogP contribution in [0.3, 0.4) is 0 Å². The van der Waals surface area contributed by atoms with Gasteiger partial charge in [0.15, 0.2) is 17.6 Å². The van der Waals surface area contributed by atoms with Crippen LogP contribution in [0, 0.1) is 10.8 Å². The number of guanidine groups is 2. The van der Waals surface area contributed by atoms with Crippen LogP contribution in [0.15, 0.2) is 18.5 Å². The van der Waals surface area contributed by atoms with Gasteiger partial charge in [0.05, 0.1) is 18.6 Å². The van der Waals surface area contributed by atoms with Gasteiger partial charge in [-0.3, -0.25) is 25.3 Å². The van der Waals surface area contributed by atoms with Crippen molar-refractivity contribution in [1.82, 2.24) is 35.7 Å². The van der Waals surface area contributed by atoms with E-state index in [1.165, 1.54) is 17.3 Å². The Hall–Kier alpha value is -3.52. The van der Waals surface area contributed by atoms with Gasteiger partial charge in [0, 0.05) is 31.8 Å². The molecular weight excluding hydrogens is 408 g/mol. The van der Waals surface area contributed by atoms with Crippen LogP contribution in [0.5, 0.6) is 0 Å². The summed E-state index contributed by atoms with van der Waals surface area (Å²) in [7, 11) is 0. The Kier molecular flexibility index (Phi) is 4.07. The summed E-state index contributed by atoms with van der Waals surface area (Å²) in [6.45, 7) is -0.0813. The maximum Gasteiger partial charge on any atom is 0.231 e. The summed E-state index contributed by atoms with van der Waals surface area (Å²) in [4.78, 5) is 34.9. The number of anilines is 1. The molecule has 0 aromatic carbocycles. The Bertz CT molecular complexity index is 955. The molecule has 4 atom stereocenters. The van der Waals surface area contributed by atoms with E-state index in [0.717, 1.165) is 4.90 Å². The summed E-state index contributed by atoms with van der Waals surface area (Å²) < 4.78 is 0. The number of rotatable bonds is 4. The third-order valence-corrected chi connectivity index (χ3v) is 6.30. The van der Waals surface area contributed by atoms with Gasteiger partial charge in [-0.25, -0.2) is 9.97 Å². The Morgan fingerprint density at radius 2 is 1.84 bits per heavy atom. The van der Waals surface area contributed by atoms with Crippen LogP contribution in [-0.2, 0) is 9.59 Å². The van der Waals surface area contributed by atoms with E-state index in [1.54, 1.807) is 6.07 Å². The van der Waals surface area contributed by atoms with Crippen molar-refractivity contribution >= 4 is 29.7 Å². The first kappa shape index (κ1) is 19.4. The SMILES string of the molecule is N=C1NC2[C@H](CN3C(=O)CCC3=O)NC(=N)N3C[C@H](Nc4ncccn4)C(O)(O)C23N1. The molecule has 4 aliphatic heterocycles. The van der Waals surface area contributed by atoms with E-state index in [1.807, 2.05) is 0 Å². The molecule has 0 radical (unpaired) electrons. The summed E-state index contributed by atoms with van der Waals surface area (Å²) in [6, 6.07) is -0.990. The molecule has 31 heavy (non-hydrogen) atoms. The van der Waals surface area contributed by atoms with E-state index in [0.29, 0.717) is 0 Å². The monoisotopic (exact) mass is 430 g/mol. The lowest BCUT2D eigenvalue weighted by molar-refractivity contribution is -0.227. The van der Waals surface area contributed by atoms with Crippen LogP contribution in [0.4, 0.5) is 5.95 Å². The number of hydrogen-bond acceptors (Lipinski definition) is 9. The van der Waals surface area contributed by atoms with Crippen molar-refractivity contribution in [3.8, 4) is 0 Å². The standard InChI is InChI=1S/C17H22N10O4/c18-13-24-12-8(6-26-10(28)2-3-11(26)29)22-14(19)27-7-9(17(30,31)16(12,27)25-13)23-15-20-4-1-5-21-15/h1,4-5,8-9,12,30-31H,2-3,6-7H2,(H2,19,22)(H3,18,24,25)(H,20,21,23)/t8-,9-,12?,16?/m0/s1. The van der Waals surface area contributed by atoms with Crippen molar-refractivity contribution < 1.29 is 19.8 Å². The number of carbonyl (C=O) groups is 2. The first-order valence-electron chi connectivity index (χ1n) is 9.81. The third kappa shape index (κ3) is 2.64. The van der Waals surface area contributed by atoms with Gasteiger partial charge in [-0.1, -0.05) is 0 Å². The van der Waals surface area contributed by atoms with Crippen LogP contribution in [-0.4, -0.2) is 96.4 Å². The van der Waals surface area contributed by atoms with Crippen molar-refractivity contribution in [2.24, 2.45) is 0 Å². The minimum Gasteiger partial charge on any atom is -0.361 e. The van der Waals surface area contributed by atoms with E-state index >= 15 is 0 Å². The molecule has 4 saturated heterocycles. The average Bonchev–Trinajstić information content (AvgIpc) is 3.32. The largest absolute Gasteiger partial charge is 0.361 e. The first-order valence-corrected chi connectivity index (χ1v) is 9.81. The molecule has 14 nitrogen and oxygen atoms in total. The van der Waals surface area contributed by atoms with Gasteiger partial charge < -0.3 is 36.4 Å². The zero-order valence-electron chi connectivity index (χ0n) is 16.3. The van der Waals surface area contributed by atoms with Crippen LogP contribution in [0.25, 0.3) is 0 Å². The lowest BCUT2D eigenvalue weighted by atomic mass is 9.84. The maximum absolute atomic E-state index is 12.1. The minimum atomic E-state index is -2.49. The lowest BCUT2D eigenvalue weighted by Crippen LogP contribution is -2.81. The molecule has 0 aliphatic carbocycles. The van der Waals surface area contributed by atoms with Gasteiger partial charge in [-0.15, -0.1) is 0 Å². The zero-order chi connectivity index (χ0) is 22.0. The molecule has 1 spiro atoms. The van der Waals surface area contributed by atoms with Gasteiger partial charge in [0.1, 0.15) is 6.04 Å². The highest BCUT2D eigenvalue weighted by Gasteiger charge is 2.74. The summed E-state index contributed by atoms with van der Waals surface area (Å²) >= 11 is 0. The van der Waals surface area contributed by atoms with E-state index in [4.69, 9.17) is 10.8 Å². The Morgan fingerprint density at radius 3 is 2.52 bits per heavy atom. The normalized spacial score (nSPS) is 33.5. The maximum atomic E-state index is 12.1. The fourth-order valence-electron chi connectivity index (χ4n) is 4.88. The number of carbonyl (C=O) groups excluding carboxylic acids is 2. The van der Waals surface area contributed by atoms with Gasteiger partial charge in [-0.05, 0) is 6.07 Å². The van der Waals surface area contributed by atoms with Crippen LogP contribution < -0.4 is 21.3 Å². The van der Waals surface area contributed by atoms with Gasteiger partial charge in [-0.2, -0.15) is 0 Å². The highest BCUT2D eigenvalue weighted by Crippen LogP contribution is 2.43. The summed E-state index contributed by atoms with van der Waals surface area (Å²) in [5.74, 6) is -3.24. The number of nitrogens with one attached hydrogen (secondary N) is 6. The van der Waals surface area contributed by atoms with Crippen molar-refractivity contribution in [3.63, 3.8) is 0 Å². The number of imide groups is 1. The van der Waals surface area contributed by atoms with Crippen LogP contribution >= 0.6 is 0 Å². The Balaban J connectivity index is 1.49. The van der Waals surface area contributed by atoms with Crippen molar-refractivity contribution in [2.75, 3.05) is 18.4 Å². The Morgan fingerprint density at radius 1 is 1.16 bits per heavy atom. The molecular formula is C17H22N10O4. The van der Waals surface area contributed by atoms with E-state index in [9.17, 15) is 19.8 Å². The zero-order valence-corrected chi connectivity index (χ0v) is 16.3. The fraction of sp³-hybridized carbons (Fsp3) is 0.529.